The molecule has 0 aliphatic heterocycles. The normalized spacial score (nSPS) is 13.4. The molecule has 0 spiro atoms. The summed E-state index contributed by atoms with van der Waals surface area (Å²) in [5.41, 5.74) is 0.444. The van der Waals surface area contributed by atoms with E-state index in [2.05, 4.69) is 15.4 Å². The van der Waals surface area contributed by atoms with E-state index in [1.165, 1.54) is 11.4 Å². The van der Waals surface area contributed by atoms with Crippen LogP contribution >= 0.6 is 0 Å². The van der Waals surface area contributed by atoms with Crippen LogP contribution in [-0.2, 0) is 6.61 Å². The predicted molar refractivity (Wildman–Crippen MR) is 102 cm³/mol. The van der Waals surface area contributed by atoms with E-state index in [1.807, 2.05) is 18.2 Å². The third kappa shape index (κ3) is 4.86. The number of aryl methyl sites for hydroxylation is 1. The lowest BCUT2D eigenvalue weighted by Gasteiger charge is -2.28. The van der Waals surface area contributed by atoms with Gasteiger partial charge in [0.25, 0.3) is 5.91 Å². The van der Waals surface area contributed by atoms with Gasteiger partial charge in [-0.05, 0) is 32.0 Å². The highest BCUT2D eigenvalue weighted by Gasteiger charge is 2.31. The number of nitrogens with zero attached hydrogens (tertiary/aromatic N) is 3. The highest BCUT2D eigenvalue weighted by atomic mass is 19.3. The van der Waals surface area contributed by atoms with Gasteiger partial charge in [-0.2, -0.15) is 5.10 Å². The highest BCUT2D eigenvalue weighted by Crippen LogP contribution is 2.23. The number of nitrogens with one attached hydrogen (secondary N) is 1. The van der Waals surface area contributed by atoms with Crippen molar-refractivity contribution in [3.63, 3.8) is 0 Å². The van der Waals surface area contributed by atoms with E-state index in [1.54, 1.807) is 31.5 Å². The Kier molecular flexibility index (Phi) is 6.07. The number of carbonyl (C=O) groups is 1. The van der Waals surface area contributed by atoms with Gasteiger partial charge in [0.1, 0.15) is 12.4 Å². The van der Waals surface area contributed by atoms with Crippen molar-refractivity contribution in [2.24, 2.45) is 0 Å². The number of hydrogen-bond acceptors (Lipinski definition) is 5. The summed E-state index contributed by atoms with van der Waals surface area (Å²) in [5.74, 6) is -0.0776. The fourth-order valence-corrected chi connectivity index (χ4v) is 2.99. The number of pyridine rings is 2. The molecule has 1 atom stereocenters. The molecule has 1 amide bonds. The average Bonchev–Trinajstić information content (AvgIpc) is 3.01. The molecule has 3 heterocycles. The summed E-state index contributed by atoms with van der Waals surface area (Å²) < 4.78 is 32.9. The topological polar surface area (TPSA) is 88.8 Å². The van der Waals surface area contributed by atoms with Crippen molar-refractivity contribution < 1.29 is 23.4 Å². The quantitative estimate of drug-likeness (QED) is 0.603. The van der Waals surface area contributed by atoms with Gasteiger partial charge in [-0.3, -0.25) is 9.78 Å². The van der Waals surface area contributed by atoms with E-state index in [-0.39, 0.29) is 12.2 Å². The SMILES string of the molecule is Cc1nn2ccc(OCc3ccccn3)cc2c1C(=O)NC(C)(CO)CC(F)F. The smallest absolute Gasteiger partial charge is 0.255 e. The van der Waals surface area contributed by atoms with Crippen LogP contribution in [0.1, 0.15) is 35.1 Å². The number of alkyl halides is 2. The van der Waals surface area contributed by atoms with Gasteiger partial charge in [-0.1, -0.05) is 6.07 Å². The van der Waals surface area contributed by atoms with Gasteiger partial charge in [-0.15, -0.1) is 0 Å². The molecule has 0 aliphatic rings. The maximum absolute atomic E-state index is 12.8. The van der Waals surface area contributed by atoms with Gasteiger partial charge in [-0.25, -0.2) is 13.3 Å². The standard InChI is InChI=1S/C20H22F2N4O3/c1-13-18(19(28)24-20(2,12-27)10-17(21)22)16-9-15(6-8-26(16)25-13)29-11-14-5-3-4-7-23-14/h3-9,17,27H,10-12H2,1-2H3,(H,24,28). The molecular formula is C20H22F2N4O3. The molecule has 7 nitrogen and oxygen atoms in total. The summed E-state index contributed by atoms with van der Waals surface area (Å²) in [5, 5.41) is 16.3. The number of aliphatic hydroxyl groups is 1. The van der Waals surface area contributed by atoms with Gasteiger partial charge in [0.05, 0.1) is 34.6 Å². The number of carbonyl (C=O) groups excluding carboxylic acids is 1. The molecule has 154 valence electrons. The summed E-state index contributed by atoms with van der Waals surface area (Å²) in [7, 11) is 0. The molecule has 0 saturated carbocycles. The van der Waals surface area contributed by atoms with Crippen LogP contribution in [0.25, 0.3) is 5.52 Å². The Labute approximate surface area is 166 Å². The van der Waals surface area contributed by atoms with Crippen LogP contribution in [0.5, 0.6) is 5.75 Å². The lowest BCUT2D eigenvalue weighted by atomic mass is 9.98. The van der Waals surface area contributed by atoms with Crippen LogP contribution < -0.4 is 10.1 Å². The molecule has 0 saturated heterocycles. The Morgan fingerprint density at radius 1 is 1.38 bits per heavy atom. The highest BCUT2D eigenvalue weighted by molar-refractivity contribution is 6.02. The second-order valence-corrected chi connectivity index (χ2v) is 7.03. The second-order valence-electron chi connectivity index (χ2n) is 7.03. The zero-order valence-corrected chi connectivity index (χ0v) is 16.1. The first kappa shape index (κ1) is 20.7. The number of halogens is 2. The first-order valence-corrected chi connectivity index (χ1v) is 9.04. The van der Waals surface area contributed by atoms with Crippen LogP contribution in [0.4, 0.5) is 8.78 Å². The number of hydrogen-bond donors (Lipinski definition) is 2. The second kappa shape index (κ2) is 8.52. The molecule has 1 unspecified atom stereocenters. The van der Waals surface area contributed by atoms with Gasteiger partial charge in [0.15, 0.2) is 0 Å². The summed E-state index contributed by atoms with van der Waals surface area (Å²) >= 11 is 0. The van der Waals surface area contributed by atoms with E-state index in [4.69, 9.17) is 4.74 Å². The summed E-state index contributed by atoms with van der Waals surface area (Å²) in [6, 6.07) is 8.86. The maximum atomic E-state index is 12.8. The molecule has 3 rings (SSSR count). The summed E-state index contributed by atoms with van der Waals surface area (Å²) in [6.07, 6.45) is -0.00476. The zero-order chi connectivity index (χ0) is 21.0. The minimum Gasteiger partial charge on any atom is -0.487 e. The lowest BCUT2D eigenvalue weighted by Crippen LogP contribution is -2.50. The molecule has 0 aromatic carbocycles. The largest absolute Gasteiger partial charge is 0.487 e. The van der Waals surface area contributed by atoms with Gasteiger partial charge >= 0.3 is 0 Å². The van der Waals surface area contributed by atoms with Crippen LogP contribution in [0.2, 0.25) is 0 Å². The van der Waals surface area contributed by atoms with Crippen molar-refractivity contribution in [3.05, 3.63) is 59.7 Å². The van der Waals surface area contributed by atoms with Crippen molar-refractivity contribution in [2.45, 2.75) is 38.8 Å². The molecule has 2 N–H and O–H groups in total. The van der Waals surface area contributed by atoms with Crippen LogP contribution in [0.3, 0.4) is 0 Å². The third-order valence-electron chi connectivity index (χ3n) is 4.49. The van der Waals surface area contributed by atoms with Crippen molar-refractivity contribution in [1.82, 2.24) is 19.9 Å². The first-order chi connectivity index (χ1) is 13.8. The maximum Gasteiger partial charge on any atom is 0.255 e. The van der Waals surface area contributed by atoms with Crippen molar-refractivity contribution >= 4 is 11.4 Å². The average molecular weight is 404 g/mol. The van der Waals surface area contributed by atoms with Crippen molar-refractivity contribution in [3.8, 4) is 5.75 Å². The Balaban J connectivity index is 1.85. The Hall–Kier alpha value is -3.07. The fraction of sp³-hybridized carbons (Fsp3) is 0.350. The predicted octanol–water partition coefficient (Wildman–Crippen LogP) is 2.75. The van der Waals surface area contributed by atoms with Gasteiger partial charge in [0.2, 0.25) is 6.43 Å². The molecule has 0 aliphatic carbocycles. The number of aliphatic hydroxyl groups excluding tert-OH is 1. The van der Waals surface area contributed by atoms with Crippen LogP contribution in [0.15, 0.2) is 42.7 Å². The number of ether oxygens (including phenoxy) is 1. The first-order valence-electron chi connectivity index (χ1n) is 9.04. The molecule has 29 heavy (non-hydrogen) atoms. The molecular weight excluding hydrogens is 382 g/mol. The van der Waals surface area contributed by atoms with Gasteiger partial charge in [0, 0.05) is 24.9 Å². The van der Waals surface area contributed by atoms with E-state index < -0.39 is 30.9 Å². The minimum absolute atomic E-state index is 0.238. The third-order valence-corrected chi connectivity index (χ3v) is 4.49. The Bertz CT molecular complexity index is 994. The Morgan fingerprint density at radius 2 is 2.17 bits per heavy atom. The molecule has 3 aromatic heterocycles. The zero-order valence-electron chi connectivity index (χ0n) is 16.1. The summed E-state index contributed by atoms with van der Waals surface area (Å²) in [6.45, 7) is 2.67. The van der Waals surface area contributed by atoms with Crippen molar-refractivity contribution in [2.75, 3.05) is 6.61 Å². The van der Waals surface area contributed by atoms with Gasteiger partial charge < -0.3 is 15.2 Å². The molecule has 0 radical (unpaired) electrons. The van der Waals surface area contributed by atoms with E-state index >= 15 is 0 Å². The van der Waals surface area contributed by atoms with Crippen LogP contribution in [-0.4, -0.2) is 44.2 Å². The number of amides is 1. The van der Waals surface area contributed by atoms with E-state index in [9.17, 15) is 18.7 Å². The molecule has 9 heteroatoms. The molecule has 0 bridgehead atoms. The van der Waals surface area contributed by atoms with Crippen molar-refractivity contribution in [1.29, 1.82) is 0 Å². The fourth-order valence-electron chi connectivity index (χ4n) is 2.99. The van der Waals surface area contributed by atoms with E-state index in [0.717, 1.165) is 5.69 Å². The number of fused-ring (bicyclic) bond motifs is 1. The minimum atomic E-state index is -2.66. The summed E-state index contributed by atoms with van der Waals surface area (Å²) in [4.78, 5) is 17.0. The molecule has 3 aromatic rings. The number of aromatic nitrogens is 3. The van der Waals surface area contributed by atoms with Crippen LogP contribution in [0, 0.1) is 6.92 Å². The monoisotopic (exact) mass is 404 g/mol. The lowest BCUT2D eigenvalue weighted by molar-refractivity contribution is 0.0586. The molecule has 0 fully saturated rings. The number of rotatable bonds is 8. The van der Waals surface area contributed by atoms with E-state index in [0.29, 0.717) is 17.0 Å². The Morgan fingerprint density at radius 3 is 2.83 bits per heavy atom.